The molecule has 0 radical (unpaired) electrons. The van der Waals surface area contributed by atoms with Crippen LogP contribution in [0.3, 0.4) is 0 Å². The summed E-state index contributed by atoms with van der Waals surface area (Å²) in [5.74, 6) is 0.323. The maximum Gasteiger partial charge on any atom is 0.251 e. The summed E-state index contributed by atoms with van der Waals surface area (Å²) in [5, 5.41) is 15.0. The summed E-state index contributed by atoms with van der Waals surface area (Å²) in [5.41, 5.74) is 1.11. The van der Waals surface area contributed by atoms with E-state index >= 15 is 0 Å². The number of hydrogen-bond donors (Lipinski definition) is 1. The number of carbonyl (C=O) groups is 2. The van der Waals surface area contributed by atoms with E-state index in [0.717, 1.165) is 11.2 Å². The molecule has 34 heavy (non-hydrogen) atoms. The first-order valence-corrected chi connectivity index (χ1v) is 11.1. The summed E-state index contributed by atoms with van der Waals surface area (Å²) in [6.45, 7) is 6.12. The second kappa shape index (κ2) is 11.4. The topological polar surface area (TPSA) is 102 Å². The van der Waals surface area contributed by atoms with Crippen LogP contribution >= 0.6 is 0 Å². The Morgan fingerprint density at radius 3 is 2.38 bits per heavy atom. The van der Waals surface area contributed by atoms with Crippen molar-refractivity contribution in [1.29, 1.82) is 0 Å². The molecule has 0 aliphatic heterocycles. The fourth-order valence-electron chi connectivity index (χ4n) is 3.30. The second-order valence-electron chi connectivity index (χ2n) is 8.26. The molecule has 1 N–H and O–H groups in total. The van der Waals surface area contributed by atoms with Crippen molar-refractivity contribution in [2.24, 2.45) is 5.92 Å². The van der Waals surface area contributed by atoms with Gasteiger partial charge in [-0.2, -0.15) is 4.80 Å². The number of ether oxygens (including phenoxy) is 1. The minimum Gasteiger partial charge on any atom is -0.497 e. The third kappa shape index (κ3) is 6.37. The van der Waals surface area contributed by atoms with Crippen molar-refractivity contribution in [1.82, 2.24) is 25.5 Å². The molecule has 1 heterocycles. The van der Waals surface area contributed by atoms with Crippen LogP contribution in [0.5, 0.6) is 5.75 Å². The third-order valence-electron chi connectivity index (χ3n) is 5.24. The van der Waals surface area contributed by atoms with Crippen molar-refractivity contribution < 1.29 is 18.7 Å². The Hall–Kier alpha value is -3.82. The molecule has 0 aliphatic carbocycles. The van der Waals surface area contributed by atoms with E-state index < -0.39 is 6.04 Å². The molecule has 1 aromatic heterocycles. The van der Waals surface area contributed by atoms with Crippen molar-refractivity contribution in [2.45, 2.75) is 39.8 Å². The maximum atomic E-state index is 13.3. The molecule has 0 bridgehead atoms. The van der Waals surface area contributed by atoms with Crippen LogP contribution in [0, 0.1) is 11.7 Å². The van der Waals surface area contributed by atoms with E-state index in [0.29, 0.717) is 29.5 Å². The number of anilines is 1. The third-order valence-corrected chi connectivity index (χ3v) is 5.24. The molecule has 180 valence electrons. The van der Waals surface area contributed by atoms with Gasteiger partial charge < -0.3 is 10.1 Å². The summed E-state index contributed by atoms with van der Waals surface area (Å²) < 4.78 is 18.4. The van der Waals surface area contributed by atoms with Crippen LogP contribution in [0.4, 0.5) is 10.1 Å². The van der Waals surface area contributed by atoms with Crippen LogP contribution in [0.2, 0.25) is 0 Å². The molecule has 2 amide bonds. The molecule has 3 aromatic rings. The average molecular weight is 469 g/mol. The van der Waals surface area contributed by atoms with Gasteiger partial charge in [0.25, 0.3) is 5.91 Å². The smallest absolute Gasteiger partial charge is 0.251 e. The van der Waals surface area contributed by atoms with Crippen molar-refractivity contribution in [3.63, 3.8) is 0 Å². The van der Waals surface area contributed by atoms with Crippen molar-refractivity contribution >= 4 is 17.5 Å². The Kier molecular flexibility index (Phi) is 8.29. The average Bonchev–Trinajstić information content (AvgIpc) is 3.28. The number of benzene rings is 2. The molecule has 3 rings (SSSR count). The molecular weight excluding hydrogens is 439 g/mol. The molecule has 10 heteroatoms. The number of nitrogens with one attached hydrogen (secondary N) is 1. The first-order chi connectivity index (χ1) is 16.3. The highest BCUT2D eigenvalue weighted by Crippen LogP contribution is 2.22. The number of rotatable bonds is 10. The lowest BCUT2D eigenvalue weighted by atomic mass is 10.1. The molecule has 0 saturated heterocycles. The quantitative estimate of drug-likeness (QED) is 0.491. The predicted octanol–water partition coefficient (Wildman–Crippen LogP) is 3.07. The fraction of sp³-hybridized carbons (Fsp3) is 0.375. The molecule has 1 atom stereocenters. The number of nitrogens with zero attached hydrogens (tertiary/aromatic N) is 5. The van der Waals surface area contributed by atoms with Crippen LogP contribution in [0.1, 0.15) is 27.2 Å². The number of hydrogen-bond acceptors (Lipinski definition) is 6. The van der Waals surface area contributed by atoms with Gasteiger partial charge in [0.1, 0.15) is 24.2 Å². The zero-order valence-corrected chi connectivity index (χ0v) is 19.7. The van der Waals surface area contributed by atoms with Crippen LogP contribution in [-0.2, 0) is 16.1 Å². The van der Waals surface area contributed by atoms with Crippen LogP contribution < -0.4 is 15.0 Å². The molecular formula is C24H29FN6O3. The number of carbonyl (C=O) groups excluding carboxylic acids is 2. The number of halogens is 1. The zero-order chi connectivity index (χ0) is 24.7. The fourth-order valence-corrected chi connectivity index (χ4v) is 3.30. The van der Waals surface area contributed by atoms with E-state index in [4.69, 9.17) is 4.74 Å². The number of amides is 2. The lowest BCUT2D eigenvalue weighted by molar-refractivity contribution is -0.126. The molecule has 0 aliphatic rings. The van der Waals surface area contributed by atoms with Gasteiger partial charge in [0.05, 0.1) is 7.11 Å². The molecule has 1 unspecified atom stereocenters. The largest absolute Gasteiger partial charge is 0.497 e. The van der Waals surface area contributed by atoms with Gasteiger partial charge in [0.2, 0.25) is 11.7 Å². The number of tetrazole rings is 1. The first-order valence-electron chi connectivity index (χ1n) is 11.1. The highest BCUT2D eigenvalue weighted by molar-refractivity contribution is 6.00. The van der Waals surface area contributed by atoms with E-state index in [1.165, 1.54) is 29.2 Å². The van der Waals surface area contributed by atoms with E-state index in [9.17, 15) is 14.0 Å². The Labute approximate surface area is 197 Å². The summed E-state index contributed by atoms with van der Waals surface area (Å²) in [6, 6.07) is 11.8. The summed E-state index contributed by atoms with van der Waals surface area (Å²) >= 11 is 0. The Bertz CT molecular complexity index is 1100. The monoisotopic (exact) mass is 468 g/mol. The van der Waals surface area contributed by atoms with Crippen molar-refractivity contribution in [3.8, 4) is 17.1 Å². The summed E-state index contributed by atoms with van der Waals surface area (Å²) in [4.78, 5) is 28.7. The van der Waals surface area contributed by atoms with E-state index in [1.54, 1.807) is 38.3 Å². The van der Waals surface area contributed by atoms with Gasteiger partial charge >= 0.3 is 0 Å². The molecule has 2 aromatic carbocycles. The molecule has 0 spiro atoms. The minimum absolute atomic E-state index is 0.232. The first kappa shape index (κ1) is 24.8. The molecule has 9 nitrogen and oxygen atoms in total. The van der Waals surface area contributed by atoms with Crippen molar-refractivity contribution in [2.75, 3.05) is 18.6 Å². The molecule has 0 fully saturated rings. The van der Waals surface area contributed by atoms with Crippen LogP contribution in [-0.4, -0.2) is 51.7 Å². The van der Waals surface area contributed by atoms with Gasteiger partial charge in [-0.25, -0.2) is 4.39 Å². The lowest BCUT2D eigenvalue weighted by Gasteiger charge is -2.28. The standard InChI is InChI=1S/C24H29FN6O3/c1-16(2)13-14-26-24(33)17(3)31(20-9-11-21(34-4)12-10-20)22(32)15-30-28-23(27-29-30)18-5-7-19(25)8-6-18/h5-12,16-17H,13-15H2,1-4H3,(H,26,33). The van der Waals surface area contributed by atoms with Gasteiger partial charge in [-0.05, 0) is 73.0 Å². The van der Waals surface area contributed by atoms with Crippen molar-refractivity contribution in [3.05, 3.63) is 54.3 Å². The van der Waals surface area contributed by atoms with Gasteiger partial charge in [-0.3, -0.25) is 14.5 Å². The Morgan fingerprint density at radius 1 is 1.09 bits per heavy atom. The Morgan fingerprint density at radius 2 is 1.76 bits per heavy atom. The van der Waals surface area contributed by atoms with Crippen LogP contribution in [0.15, 0.2) is 48.5 Å². The minimum atomic E-state index is -0.770. The van der Waals surface area contributed by atoms with Gasteiger partial charge in [-0.1, -0.05) is 13.8 Å². The summed E-state index contributed by atoms with van der Waals surface area (Å²) in [7, 11) is 1.55. The van der Waals surface area contributed by atoms with E-state index in [2.05, 4.69) is 34.6 Å². The van der Waals surface area contributed by atoms with E-state index in [1.807, 2.05) is 0 Å². The number of methoxy groups -OCH3 is 1. The second-order valence-corrected chi connectivity index (χ2v) is 8.26. The SMILES string of the molecule is COc1ccc(N(C(=O)Cn2nnc(-c3ccc(F)cc3)n2)C(C)C(=O)NCCC(C)C)cc1. The molecule has 0 saturated carbocycles. The maximum absolute atomic E-state index is 13.3. The normalized spacial score (nSPS) is 11.8. The van der Waals surface area contributed by atoms with E-state index in [-0.39, 0.29) is 30.0 Å². The van der Waals surface area contributed by atoms with Gasteiger partial charge in [0, 0.05) is 17.8 Å². The summed E-state index contributed by atoms with van der Waals surface area (Å²) in [6.07, 6.45) is 0.837. The highest BCUT2D eigenvalue weighted by Gasteiger charge is 2.28. The number of aromatic nitrogens is 4. The van der Waals surface area contributed by atoms with Gasteiger partial charge in [0.15, 0.2) is 0 Å². The van der Waals surface area contributed by atoms with Crippen LogP contribution in [0.25, 0.3) is 11.4 Å². The zero-order valence-electron chi connectivity index (χ0n) is 19.7. The van der Waals surface area contributed by atoms with Gasteiger partial charge in [-0.15, -0.1) is 10.2 Å². The highest BCUT2D eigenvalue weighted by atomic mass is 19.1. The predicted molar refractivity (Wildman–Crippen MR) is 126 cm³/mol. The lowest BCUT2D eigenvalue weighted by Crippen LogP contribution is -2.49. The Balaban J connectivity index is 1.80.